The van der Waals surface area contributed by atoms with Gasteiger partial charge in [-0.2, -0.15) is 5.10 Å². The Balaban J connectivity index is 1.26. The quantitative estimate of drug-likeness (QED) is 0.559. The number of nitrogens with zero attached hydrogens (tertiary/aromatic N) is 5. The molecule has 0 amide bonds. The van der Waals surface area contributed by atoms with Crippen molar-refractivity contribution in [1.29, 1.82) is 0 Å². The van der Waals surface area contributed by atoms with E-state index in [2.05, 4.69) is 51.2 Å². The predicted molar refractivity (Wildman–Crippen MR) is 132 cm³/mol. The number of fused-ring (bicyclic) bond motifs is 1. The largest absolute Gasteiger partial charge is 0.339 e. The van der Waals surface area contributed by atoms with Crippen molar-refractivity contribution in [3.8, 4) is 11.1 Å². The van der Waals surface area contributed by atoms with Gasteiger partial charge < -0.3 is 10.2 Å². The lowest BCUT2D eigenvalue weighted by Gasteiger charge is -2.31. The summed E-state index contributed by atoms with van der Waals surface area (Å²) in [5, 5.41) is 9.79. The van der Waals surface area contributed by atoms with Crippen LogP contribution in [0.1, 0.15) is 19.3 Å². The van der Waals surface area contributed by atoms with Gasteiger partial charge in [-0.1, -0.05) is 24.8 Å². The molecular weight excluding hydrogens is 415 g/mol. The van der Waals surface area contributed by atoms with E-state index in [1.807, 2.05) is 31.7 Å². The number of allylic oxidation sites excluding steroid dienone is 1. The molecule has 0 bridgehead atoms. The number of hydrogen-bond acceptors (Lipinski definition) is 5. The number of nitrogens with one attached hydrogen (secondary N) is 1. The minimum absolute atomic E-state index is 0.267. The Morgan fingerprint density at radius 3 is 2.76 bits per heavy atom. The molecule has 0 aliphatic carbocycles. The first-order valence-corrected chi connectivity index (χ1v) is 11.5. The van der Waals surface area contributed by atoms with Crippen molar-refractivity contribution in [3.63, 3.8) is 0 Å². The van der Waals surface area contributed by atoms with E-state index in [1.54, 1.807) is 4.68 Å². The van der Waals surface area contributed by atoms with Gasteiger partial charge in [-0.3, -0.25) is 9.67 Å². The number of pyridine rings is 1. The molecule has 0 saturated carbocycles. The van der Waals surface area contributed by atoms with Gasteiger partial charge in [0.2, 0.25) is 0 Å². The molecule has 0 unspecified atom stereocenters. The summed E-state index contributed by atoms with van der Waals surface area (Å²) in [6.07, 6.45) is 10.9. The van der Waals surface area contributed by atoms with Crippen LogP contribution in [0, 0.1) is 5.92 Å². The lowest BCUT2D eigenvalue weighted by atomic mass is 9.91. The van der Waals surface area contributed by atoms with Crippen LogP contribution in [0.25, 0.3) is 21.9 Å². The molecule has 1 N–H and O–H groups in total. The fourth-order valence-corrected chi connectivity index (χ4v) is 4.68. The molecule has 0 atom stereocenters. The van der Waals surface area contributed by atoms with E-state index in [0.29, 0.717) is 12.5 Å². The molecular formula is C26H29FN6. The molecule has 33 heavy (non-hydrogen) atoms. The number of hydrogen-bond donors (Lipinski definition) is 1. The number of alkyl halides is 1. The predicted octanol–water partition coefficient (Wildman–Crippen LogP) is 4.97. The molecule has 1 aromatic carbocycles. The van der Waals surface area contributed by atoms with Gasteiger partial charge in [-0.15, -0.1) is 0 Å². The summed E-state index contributed by atoms with van der Waals surface area (Å²) in [5.74, 6) is 1.23. The van der Waals surface area contributed by atoms with Gasteiger partial charge >= 0.3 is 0 Å². The van der Waals surface area contributed by atoms with Crippen molar-refractivity contribution in [3.05, 3.63) is 66.9 Å². The fraction of sp³-hybridized carbons (Fsp3) is 0.346. The monoisotopic (exact) mass is 444 g/mol. The van der Waals surface area contributed by atoms with Crippen LogP contribution in [0.4, 0.5) is 10.2 Å². The summed E-state index contributed by atoms with van der Waals surface area (Å²) in [4.78, 5) is 11.6. The van der Waals surface area contributed by atoms with Gasteiger partial charge in [0.25, 0.3) is 0 Å². The Kier molecular flexibility index (Phi) is 6.05. The van der Waals surface area contributed by atoms with Crippen LogP contribution in [0.2, 0.25) is 0 Å². The summed E-state index contributed by atoms with van der Waals surface area (Å²) in [7, 11) is 1.92. The molecule has 5 rings (SSSR count). The Hall–Kier alpha value is -3.32. The molecule has 4 heterocycles. The van der Waals surface area contributed by atoms with E-state index in [0.717, 1.165) is 71.5 Å². The standard InChI is InChI=1S/C26H29FN6/c1-18(24-5-6-25(31-24)19-7-10-33(11-8-19)12-9-27)30-26-14-22-13-20(3-4-21(22)15-28-26)23-16-29-32(2)17-23/h3-5,13-17,19H,1,6-12H2,2H3,(H,28,30). The zero-order valence-corrected chi connectivity index (χ0v) is 19.0. The zero-order chi connectivity index (χ0) is 22.8. The zero-order valence-electron chi connectivity index (χ0n) is 19.0. The average molecular weight is 445 g/mol. The molecule has 0 radical (unpaired) electrons. The summed E-state index contributed by atoms with van der Waals surface area (Å²) in [6, 6.07) is 8.37. The highest BCUT2D eigenvalue weighted by Gasteiger charge is 2.25. The minimum Gasteiger partial charge on any atom is -0.339 e. The minimum atomic E-state index is -0.267. The van der Waals surface area contributed by atoms with Gasteiger partial charge in [0, 0.05) is 55.0 Å². The van der Waals surface area contributed by atoms with Gasteiger partial charge in [0.15, 0.2) is 0 Å². The SMILES string of the molecule is C=C(Nc1cc2cc(-c3cnn(C)c3)ccc2cn1)C1=CCC(C2CCN(CCF)CC2)=N1. The topological polar surface area (TPSA) is 58.3 Å². The third kappa shape index (κ3) is 4.73. The van der Waals surface area contributed by atoms with E-state index in [-0.39, 0.29) is 6.67 Å². The molecule has 2 aliphatic heterocycles. The highest BCUT2D eigenvalue weighted by Crippen LogP contribution is 2.29. The Bertz CT molecular complexity index is 1230. The number of aromatic nitrogens is 3. The van der Waals surface area contributed by atoms with E-state index in [1.165, 1.54) is 5.71 Å². The maximum absolute atomic E-state index is 12.6. The van der Waals surface area contributed by atoms with E-state index in [4.69, 9.17) is 4.99 Å². The van der Waals surface area contributed by atoms with E-state index < -0.39 is 0 Å². The van der Waals surface area contributed by atoms with Gasteiger partial charge in [0.05, 0.1) is 17.6 Å². The first-order chi connectivity index (χ1) is 16.1. The van der Waals surface area contributed by atoms with Crippen LogP contribution in [0.15, 0.2) is 71.9 Å². The van der Waals surface area contributed by atoms with Crippen LogP contribution in [0.3, 0.4) is 0 Å². The van der Waals surface area contributed by atoms with Crippen LogP contribution < -0.4 is 5.32 Å². The second-order valence-electron chi connectivity index (χ2n) is 8.84. The van der Waals surface area contributed by atoms with Crippen molar-refractivity contribution < 1.29 is 4.39 Å². The van der Waals surface area contributed by atoms with Crippen LogP contribution in [-0.4, -0.2) is 51.7 Å². The van der Waals surface area contributed by atoms with Crippen molar-refractivity contribution in [2.45, 2.75) is 19.3 Å². The molecule has 7 heteroatoms. The molecule has 2 aliphatic rings. The highest BCUT2D eigenvalue weighted by molar-refractivity contribution is 5.92. The van der Waals surface area contributed by atoms with Gasteiger partial charge in [0.1, 0.15) is 12.5 Å². The number of anilines is 1. The Morgan fingerprint density at radius 2 is 2.00 bits per heavy atom. The number of likely N-dealkylation sites (tertiary alicyclic amines) is 1. The van der Waals surface area contributed by atoms with E-state index in [9.17, 15) is 4.39 Å². The molecule has 2 aromatic heterocycles. The fourth-order valence-electron chi connectivity index (χ4n) is 4.68. The average Bonchev–Trinajstić information content (AvgIpc) is 3.49. The summed E-state index contributed by atoms with van der Waals surface area (Å²) >= 11 is 0. The molecule has 3 aromatic rings. The summed E-state index contributed by atoms with van der Waals surface area (Å²) < 4.78 is 14.4. The number of rotatable bonds is 7. The maximum atomic E-state index is 12.6. The van der Waals surface area contributed by atoms with E-state index >= 15 is 0 Å². The first kappa shape index (κ1) is 21.5. The van der Waals surface area contributed by atoms with Crippen molar-refractivity contribution in [2.24, 2.45) is 18.0 Å². The second kappa shape index (κ2) is 9.27. The normalized spacial score (nSPS) is 17.3. The lowest BCUT2D eigenvalue weighted by molar-refractivity contribution is 0.194. The lowest BCUT2D eigenvalue weighted by Crippen LogP contribution is -2.37. The number of piperidine rings is 1. The van der Waals surface area contributed by atoms with Gasteiger partial charge in [-0.05, 0) is 49.0 Å². The summed E-state index contributed by atoms with van der Waals surface area (Å²) in [6.45, 7) is 6.39. The second-order valence-corrected chi connectivity index (χ2v) is 8.84. The third-order valence-electron chi connectivity index (χ3n) is 6.58. The third-order valence-corrected chi connectivity index (χ3v) is 6.58. The van der Waals surface area contributed by atoms with Crippen LogP contribution >= 0.6 is 0 Å². The number of benzene rings is 1. The number of aliphatic imine (C=N–C) groups is 1. The first-order valence-electron chi connectivity index (χ1n) is 11.5. The summed E-state index contributed by atoms with van der Waals surface area (Å²) in [5.41, 5.74) is 5.08. The molecule has 170 valence electrons. The van der Waals surface area contributed by atoms with Crippen LogP contribution in [-0.2, 0) is 7.05 Å². The Morgan fingerprint density at radius 1 is 1.15 bits per heavy atom. The molecule has 0 spiro atoms. The van der Waals surface area contributed by atoms with Crippen molar-refractivity contribution >= 4 is 22.3 Å². The highest BCUT2D eigenvalue weighted by atomic mass is 19.1. The van der Waals surface area contributed by atoms with Gasteiger partial charge in [-0.25, -0.2) is 9.37 Å². The van der Waals surface area contributed by atoms with Crippen LogP contribution in [0.5, 0.6) is 0 Å². The number of halogens is 1. The number of aryl methyl sites for hydroxylation is 1. The maximum Gasteiger partial charge on any atom is 0.130 e. The van der Waals surface area contributed by atoms with Crippen molar-refractivity contribution in [1.82, 2.24) is 19.7 Å². The molecule has 6 nitrogen and oxygen atoms in total. The molecule has 1 fully saturated rings. The Labute approximate surface area is 193 Å². The smallest absolute Gasteiger partial charge is 0.130 e. The molecule has 1 saturated heterocycles. The van der Waals surface area contributed by atoms with Crippen molar-refractivity contribution in [2.75, 3.05) is 31.6 Å².